The van der Waals surface area contributed by atoms with Gasteiger partial charge < -0.3 is 9.47 Å². The molecule has 0 saturated heterocycles. The van der Waals surface area contributed by atoms with Crippen LogP contribution in [-0.4, -0.2) is 54.2 Å². The molecule has 4 rings (SSSR count). The van der Waals surface area contributed by atoms with Crippen molar-refractivity contribution < 1.29 is 27.5 Å². The Kier molecular flexibility index (Phi) is 6.79. The number of halogens is 1. The van der Waals surface area contributed by atoms with Crippen LogP contribution in [0.15, 0.2) is 57.4 Å². The normalized spacial score (nSPS) is 16.7. The van der Waals surface area contributed by atoms with Crippen LogP contribution in [0, 0.1) is 5.41 Å². The monoisotopic (exact) mass is 532 g/mol. The molecule has 35 heavy (non-hydrogen) atoms. The minimum Gasteiger partial charge on any atom is -0.493 e. The summed E-state index contributed by atoms with van der Waals surface area (Å²) in [6.07, 6.45) is 1.37. The Morgan fingerprint density at radius 1 is 1.23 bits per heavy atom. The standard InChI is InChI=1S/C22H17ClN4O6S2/c1-3-35(30,31)22-26-34-21-25-19(28)14(18(24)27(21)22)10-12-8-9-16(17(11-12)32-2)33-20(29)13-6-4-5-7-15(13)23/h4-11,24H,3H2,1-2H3/b14-10-,24-18?. The van der Waals surface area contributed by atoms with Gasteiger partial charge in [-0.05, 0) is 35.9 Å². The van der Waals surface area contributed by atoms with Crippen LogP contribution in [0.3, 0.4) is 0 Å². The van der Waals surface area contributed by atoms with E-state index in [2.05, 4.69) is 9.39 Å². The third-order valence-corrected chi connectivity index (χ3v) is 7.68. The molecule has 0 radical (unpaired) electrons. The number of benzene rings is 2. The van der Waals surface area contributed by atoms with E-state index < -0.39 is 21.7 Å². The highest BCUT2D eigenvalue weighted by Gasteiger charge is 2.42. The van der Waals surface area contributed by atoms with Gasteiger partial charge in [0.05, 0.1) is 41.0 Å². The average molecular weight is 533 g/mol. The predicted octanol–water partition coefficient (Wildman–Crippen LogP) is 3.58. The van der Waals surface area contributed by atoms with Gasteiger partial charge in [0.2, 0.25) is 20.2 Å². The number of hydrogen-bond acceptors (Lipinski definition) is 9. The number of sulfone groups is 1. The number of hydrogen-bond donors (Lipinski definition) is 1. The van der Waals surface area contributed by atoms with E-state index in [0.717, 1.165) is 16.8 Å². The molecule has 1 amide bonds. The van der Waals surface area contributed by atoms with Gasteiger partial charge in [0.1, 0.15) is 5.84 Å². The molecule has 2 aliphatic heterocycles. The molecule has 180 valence electrons. The number of nitrogens with one attached hydrogen (secondary N) is 1. The first kappa shape index (κ1) is 24.6. The minimum atomic E-state index is -3.75. The van der Waals surface area contributed by atoms with Crippen molar-refractivity contribution >= 4 is 67.5 Å². The quantitative estimate of drug-likeness (QED) is 0.267. The molecule has 0 aliphatic carbocycles. The third kappa shape index (κ3) is 4.72. The van der Waals surface area contributed by atoms with Gasteiger partial charge in [-0.3, -0.25) is 10.2 Å². The molecule has 0 saturated carbocycles. The Bertz CT molecular complexity index is 1470. The third-order valence-electron chi connectivity index (χ3n) is 4.95. The Morgan fingerprint density at radius 2 is 1.97 bits per heavy atom. The maximum atomic E-state index is 12.6. The van der Waals surface area contributed by atoms with Crippen LogP contribution in [0.1, 0.15) is 22.8 Å². The zero-order valence-corrected chi connectivity index (χ0v) is 20.7. The molecule has 0 atom stereocenters. The van der Waals surface area contributed by atoms with Crippen LogP contribution in [-0.2, 0) is 14.6 Å². The Balaban J connectivity index is 1.64. The fourth-order valence-corrected chi connectivity index (χ4v) is 5.31. The molecule has 13 heteroatoms. The molecule has 0 bridgehead atoms. The maximum absolute atomic E-state index is 12.6. The lowest BCUT2D eigenvalue weighted by Gasteiger charge is -2.24. The van der Waals surface area contributed by atoms with Gasteiger partial charge in [0.25, 0.3) is 5.91 Å². The van der Waals surface area contributed by atoms with E-state index in [1.807, 2.05) is 0 Å². The number of ether oxygens (including phenoxy) is 2. The second-order valence-electron chi connectivity index (χ2n) is 7.09. The van der Waals surface area contributed by atoms with Crippen molar-refractivity contribution in [1.82, 2.24) is 4.90 Å². The fraction of sp³-hybridized carbons (Fsp3) is 0.136. The molecular formula is C22H17ClN4O6S2. The lowest BCUT2D eigenvalue weighted by molar-refractivity contribution is -0.114. The molecule has 0 unspecified atom stereocenters. The van der Waals surface area contributed by atoms with Gasteiger partial charge in [-0.25, -0.2) is 18.1 Å². The first-order valence-electron chi connectivity index (χ1n) is 10.0. The second kappa shape index (κ2) is 9.64. The lowest BCUT2D eigenvalue weighted by atomic mass is 10.1. The van der Waals surface area contributed by atoms with Crippen LogP contribution < -0.4 is 9.47 Å². The van der Waals surface area contributed by atoms with E-state index in [0.29, 0.717) is 5.56 Å². The first-order chi connectivity index (χ1) is 16.7. The average Bonchev–Trinajstić information content (AvgIpc) is 3.27. The molecule has 0 fully saturated rings. The van der Waals surface area contributed by atoms with E-state index in [9.17, 15) is 18.0 Å². The van der Waals surface area contributed by atoms with Crippen molar-refractivity contribution in [2.75, 3.05) is 12.9 Å². The smallest absolute Gasteiger partial charge is 0.345 e. The Morgan fingerprint density at radius 3 is 2.66 bits per heavy atom. The van der Waals surface area contributed by atoms with Gasteiger partial charge in [0.15, 0.2) is 11.5 Å². The first-order valence-corrected chi connectivity index (χ1v) is 12.8. The van der Waals surface area contributed by atoms with Gasteiger partial charge in [-0.15, -0.1) is 0 Å². The highest BCUT2D eigenvalue weighted by molar-refractivity contribution is 8.16. The summed E-state index contributed by atoms with van der Waals surface area (Å²) < 4.78 is 39.4. The van der Waals surface area contributed by atoms with Gasteiger partial charge in [-0.1, -0.05) is 36.7 Å². The summed E-state index contributed by atoms with van der Waals surface area (Å²) in [7, 11) is -2.37. The van der Waals surface area contributed by atoms with Gasteiger partial charge in [0, 0.05) is 0 Å². The second-order valence-corrected chi connectivity index (χ2v) is 10.4. The number of amidine groups is 3. The number of amides is 1. The molecule has 2 aliphatic rings. The summed E-state index contributed by atoms with van der Waals surface area (Å²) >= 11 is 6.78. The SMILES string of the molecule is CCS(=O)(=O)C1=NSC2=NC(=O)/C(=C\c3ccc(OC(=O)c4ccccc4Cl)c(OC)c3)C(=N)N21. The van der Waals surface area contributed by atoms with Crippen molar-refractivity contribution in [3.63, 3.8) is 0 Å². The van der Waals surface area contributed by atoms with Crippen LogP contribution in [0.4, 0.5) is 0 Å². The topological polar surface area (TPSA) is 139 Å². The number of carbonyl (C=O) groups is 2. The molecule has 2 aromatic carbocycles. The zero-order valence-electron chi connectivity index (χ0n) is 18.3. The molecule has 0 spiro atoms. The summed E-state index contributed by atoms with van der Waals surface area (Å²) in [5, 5.41) is 8.37. The molecule has 1 N–H and O–H groups in total. The van der Waals surface area contributed by atoms with Crippen molar-refractivity contribution in [3.05, 3.63) is 64.2 Å². The zero-order chi connectivity index (χ0) is 25.3. The van der Waals surface area contributed by atoms with Crippen molar-refractivity contribution in [2.24, 2.45) is 9.39 Å². The number of aliphatic imine (C=N–C) groups is 1. The number of nitrogens with zero attached hydrogens (tertiary/aromatic N) is 3. The molecular weight excluding hydrogens is 516 g/mol. The van der Waals surface area contributed by atoms with Crippen molar-refractivity contribution in [3.8, 4) is 11.5 Å². The number of carbonyl (C=O) groups excluding carboxylic acids is 2. The number of rotatable bonds is 5. The summed E-state index contributed by atoms with van der Waals surface area (Å²) in [5.74, 6) is -1.68. The lowest BCUT2D eigenvalue weighted by Crippen LogP contribution is -2.45. The van der Waals surface area contributed by atoms with Crippen molar-refractivity contribution in [1.29, 1.82) is 5.41 Å². The summed E-state index contributed by atoms with van der Waals surface area (Å²) in [6, 6.07) is 10.9. The van der Waals surface area contributed by atoms with Crippen molar-refractivity contribution in [2.45, 2.75) is 6.92 Å². The number of esters is 1. The van der Waals surface area contributed by atoms with E-state index in [4.69, 9.17) is 26.5 Å². The molecule has 2 heterocycles. The van der Waals surface area contributed by atoms with Gasteiger partial charge >= 0.3 is 5.97 Å². The summed E-state index contributed by atoms with van der Waals surface area (Å²) in [5.41, 5.74) is 0.466. The molecule has 10 nitrogen and oxygen atoms in total. The maximum Gasteiger partial charge on any atom is 0.345 e. The predicted molar refractivity (Wildman–Crippen MR) is 134 cm³/mol. The number of fused-ring (bicyclic) bond motifs is 1. The largest absolute Gasteiger partial charge is 0.493 e. The Labute approximate surface area is 209 Å². The van der Waals surface area contributed by atoms with Crippen LogP contribution in [0.5, 0.6) is 11.5 Å². The fourth-order valence-electron chi connectivity index (χ4n) is 3.14. The van der Waals surface area contributed by atoms with Crippen LogP contribution in [0.2, 0.25) is 5.02 Å². The van der Waals surface area contributed by atoms with E-state index >= 15 is 0 Å². The van der Waals surface area contributed by atoms with Gasteiger partial charge in [-0.2, -0.15) is 9.39 Å². The minimum absolute atomic E-state index is 0.00332. The molecule has 0 aromatic heterocycles. The highest BCUT2D eigenvalue weighted by Crippen LogP contribution is 2.33. The van der Waals surface area contributed by atoms with Crippen LogP contribution >= 0.6 is 23.5 Å². The Hall–Kier alpha value is -3.48. The van der Waals surface area contributed by atoms with E-state index in [-0.39, 0.29) is 49.6 Å². The molecule has 2 aromatic rings. The highest BCUT2D eigenvalue weighted by atomic mass is 35.5. The summed E-state index contributed by atoms with van der Waals surface area (Å²) in [4.78, 5) is 30.0. The van der Waals surface area contributed by atoms with E-state index in [1.165, 1.54) is 38.3 Å². The van der Waals surface area contributed by atoms with E-state index in [1.54, 1.807) is 24.3 Å². The summed E-state index contributed by atoms with van der Waals surface area (Å²) in [6.45, 7) is 1.46. The number of methoxy groups -OCH3 is 1. The van der Waals surface area contributed by atoms with Crippen LogP contribution in [0.25, 0.3) is 6.08 Å².